The summed E-state index contributed by atoms with van der Waals surface area (Å²) in [6.45, 7) is 2.00. The Morgan fingerprint density at radius 3 is 2.40 bits per heavy atom. The molecule has 1 fully saturated rings. The van der Waals surface area contributed by atoms with Crippen molar-refractivity contribution in [3.05, 3.63) is 0 Å². The standard InChI is InChI=1S/C10H21NO3S/c1-2-8-15(13,14)11-9-10(12)6-4-3-5-7-10/h11-12H,2-9H2,1H3. The fourth-order valence-corrected chi connectivity index (χ4v) is 3.14. The minimum Gasteiger partial charge on any atom is -0.389 e. The van der Waals surface area contributed by atoms with Crippen LogP contribution in [-0.2, 0) is 10.0 Å². The molecule has 0 amide bonds. The van der Waals surface area contributed by atoms with Crippen molar-refractivity contribution in [1.82, 2.24) is 4.72 Å². The number of nitrogens with one attached hydrogen (secondary N) is 1. The molecule has 0 aliphatic heterocycles. The fourth-order valence-electron chi connectivity index (χ4n) is 1.97. The van der Waals surface area contributed by atoms with Crippen LogP contribution in [0.5, 0.6) is 0 Å². The molecular weight excluding hydrogens is 214 g/mol. The van der Waals surface area contributed by atoms with Crippen molar-refractivity contribution in [2.45, 2.75) is 51.0 Å². The van der Waals surface area contributed by atoms with Gasteiger partial charge in [-0.2, -0.15) is 0 Å². The lowest BCUT2D eigenvalue weighted by atomic mass is 9.85. The molecule has 1 aliphatic rings. The number of sulfonamides is 1. The van der Waals surface area contributed by atoms with Gasteiger partial charge in [0.1, 0.15) is 0 Å². The second kappa shape index (κ2) is 5.27. The van der Waals surface area contributed by atoms with Gasteiger partial charge in [-0.3, -0.25) is 0 Å². The summed E-state index contributed by atoms with van der Waals surface area (Å²) in [6.07, 6.45) is 5.15. The van der Waals surface area contributed by atoms with Crippen molar-refractivity contribution in [1.29, 1.82) is 0 Å². The molecule has 5 heteroatoms. The maximum absolute atomic E-state index is 11.4. The van der Waals surface area contributed by atoms with Gasteiger partial charge in [-0.25, -0.2) is 13.1 Å². The zero-order valence-electron chi connectivity index (χ0n) is 9.33. The van der Waals surface area contributed by atoms with Gasteiger partial charge < -0.3 is 5.11 Å². The second-order valence-corrected chi connectivity index (χ2v) is 6.35. The Morgan fingerprint density at radius 1 is 1.27 bits per heavy atom. The summed E-state index contributed by atoms with van der Waals surface area (Å²) >= 11 is 0. The Labute approximate surface area is 92.1 Å². The first-order valence-electron chi connectivity index (χ1n) is 5.67. The topological polar surface area (TPSA) is 66.4 Å². The minimum atomic E-state index is -3.18. The van der Waals surface area contributed by atoms with Gasteiger partial charge in [0.2, 0.25) is 10.0 Å². The molecule has 0 unspecified atom stereocenters. The van der Waals surface area contributed by atoms with Gasteiger partial charge in [0.05, 0.1) is 11.4 Å². The van der Waals surface area contributed by atoms with E-state index >= 15 is 0 Å². The third-order valence-corrected chi connectivity index (χ3v) is 4.41. The van der Waals surface area contributed by atoms with Crippen LogP contribution >= 0.6 is 0 Å². The quantitative estimate of drug-likeness (QED) is 0.747. The largest absolute Gasteiger partial charge is 0.389 e. The average Bonchev–Trinajstić information content (AvgIpc) is 2.17. The molecular formula is C10H21NO3S. The number of hydrogen-bond acceptors (Lipinski definition) is 3. The lowest BCUT2D eigenvalue weighted by Gasteiger charge is -2.31. The summed E-state index contributed by atoms with van der Waals surface area (Å²) in [5.41, 5.74) is -0.806. The van der Waals surface area contributed by atoms with Gasteiger partial charge in [-0.15, -0.1) is 0 Å². The normalized spacial score (nSPS) is 21.5. The van der Waals surface area contributed by atoms with Gasteiger partial charge in [0, 0.05) is 6.54 Å². The van der Waals surface area contributed by atoms with E-state index in [-0.39, 0.29) is 12.3 Å². The fraction of sp³-hybridized carbons (Fsp3) is 1.00. The number of hydrogen-bond donors (Lipinski definition) is 2. The van der Waals surface area contributed by atoms with E-state index in [9.17, 15) is 13.5 Å². The third-order valence-electron chi connectivity index (χ3n) is 2.88. The van der Waals surface area contributed by atoms with E-state index in [0.717, 1.165) is 19.3 Å². The second-order valence-electron chi connectivity index (χ2n) is 4.42. The zero-order valence-corrected chi connectivity index (χ0v) is 10.1. The molecule has 0 aromatic carbocycles. The Morgan fingerprint density at radius 2 is 1.87 bits per heavy atom. The lowest BCUT2D eigenvalue weighted by molar-refractivity contribution is 0.00946. The van der Waals surface area contributed by atoms with E-state index in [4.69, 9.17) is 0 Å². The van der Waals surface area contributed by atoms with Crippen LogP contribution in [0.3, 0.4) is 0 Å². The van der Waals surface area contributed by atoms with E-state index < -0.39 is 15.6 Å². The summed E-state index contributed by atoms with van der Waals surface area (Å²) in [6, 6.07) is 0. The van der Waals surface area contributed by atoms with E-state index in [1.165, 1.54) is 0 Å². The molecule has 1 aliphatic carbocycles. The average molecular weight is 235 g/mol. The predicted octanol–water partition coefficient (Wildman–Crippen LogP) is 1.01. The molecule has 1 rings (SSSR count). The van der Waals surface area contributed by atoms with Crippen molar-refractivity contribution >= 4 is 10.0 Å². The van der Waals surface area contributed by atoms with Crippen molar-refractivity contribution < 1.29 is 13.5 Å². The van der Waals surface area contributed by atoms with E-state index in [1.807, 2.05) is 6.92 Å². The molecule has 0 atom stereocenters. The highest BCUT2D eigenvalue weighted by atomic mass is 32.2. The number of rotatable bonds is 5. The first-order chi connectivity index (χ1) is 6.97. The van der Waals surface area contributed by atoms with Crippen molar-refractivity contribution in [3.8, 4) is 0 Å². The maximum atomic E-state index is 11.4. The van der Waals surface area contributed by atoms with Crippen LogP contribution in [0, 0.1) is 0 Å². The third kappa shape index (κ3) is 4.49. The summed E-state index contributed by atoms with van der Waals surface area (Å²) in [4.78, 5) is 0. The molecule has 1 saturated carbocycles. The summed E-state index contributed by atoms with van der Waals surface area (Å²) < 4.78 is 25.3. The summed E-state index contributed by atoms with van der Waals surface area (Å²) in [7, 11) is -3.18. The molecule has 0 heterocycles. The highest BCUT2D eigenvalue weighted by molar-refractivity contribution is 7.89. The molecule has 0 saturated heterocycles. The van der Waals surface area contributed by atoms with Gasteiger partial charge >= 0.3 is 0 Å². The Bertz CT molecular complexity index is 281. The molecule has 0 bridgehead atoms. The van der Waals surface area contributed by atoms with Crippen LogP contribution in [0.25, 0.3) is 0 Å². The van der Waals surface area contributed by atoms with Crippen molar-refractivity contribution in [3.63, 3.8) is 0 Å². The molecule has 4 nitrogen and oxygen atoms in total. The molecule has 0 aromatic heterocycles. The van der Waals surface area contributed by atoms with Crippen LogP contribution in [0.2, 0.25) is 0 Å². The molecule has 0 radical (unpaired) electrons. The highest BCUT2D eigenvalue weighted by Crippen LogP contribution is 2.27. The first-order valence-corrected chi connectivity index (χ1v) is 7.32. The van der Waals surface area contributed by atoms with E-state index in [1.54, 1.807) is 0 Å². The van der Waals surface area contributed by atoms with Gasteiger partial charge in [-0.05, 0) is 19.3 Å². The number of aliphatic hydroxyl groups is 1. The summed E-state index contributed by atoms with van der Waals surface area (Å²) in [5.74, 6) is 0.142. The Kier molecular flexibility index (Phi) is 4.55. The van der Waals surface area contributed by atoms with Crippen molar-refractivity contribution in [2.75, 3.05) is 12.3 Å². The van der Waals surface area contributed by atoms with Gasteiger partial charge in [0.25, 0.3) is 0 Å². The van der Waals surface area contributed by atoms with Gasteiger partial charge in [0.15, 0.2) is 0 Å². The predicted molar refractivity (Wildman–Crippen MR) is 60.1 cm³/mol. The minimum absolute atomic E-state index is 0.142. The lowest BCUT2D eigenvalue weighted by Crippen LogP contribution is -2.44. The van der Waals surface area contributed by atoms with Gasteiger partial charge in [-0.1, -0.05) is 26.2 Å². The maximum Gasteiger partial charge on any atom is 0.211 e. The molecule has 0 aromatic rings. The zero-order chi connectivity index (χ0) is 11.4. The molecule has 15 heavy (non-hydrogen) atoms. The highest BCUT2D eigenvalue weighted by Gasteiger charge is 2.30. The summed E-state index contributed by atoms with van der Waals surface area (Å²) in [5, 5.41) is 10.1. The van der Waals surface area contributed by atoms with Crippen LogP contribution in [0.1, 0.15) is 45.4 Å². The SMILES string of the molecule is CCCS(=O)(=O)NCC1(O)CCCCC1. The molecule has 90 valence electrons. The Hall–Kier alpha value is -0.130. The van der Waals surface area contributed by atoms with Crippen LogP contribution in [0.15, 0.2) is 0 Å². The van der Waals surface area contributed by atoms with Crippen LogP contribution in [0.4, 0.5) is 0 Å². The van der Waals surface area contributed by atoms with E-state index in [0.29, 0.717) is 19.3 Å². The van der Waals surface area contributed by atoms with Crippen molar-refractivity contribution in [2.24, 2.45) is 0 Å². The van der Waals surface area contributed by atoms with E-state index in [2.05, 4.69) is 4.72 Å². The first kappa shape index (κ1) is 12.9. The smallest absolute Gasteiger partial charge is 0.211 e. The van der Waals surface area contributed by atoms with Crippen LogP contribution < -0.4 is 4.72 Å². The molecule has 2 N–H and O–H groups in total. The van der Waals surface area contributed by atoms with Crippen LogP contribution in [-0.4, -0.2) is 31.4 Å². The molecule has 0 spiro atoms. The Balaban J connectivity index is 2.41. The monoisotopic (exact) mass is 235 g/mol.